The molecular formula is C14H8F2N2O2S. The SMILES string of the molecule is O=C(O)c1cn(-c2ccc(F)cc2F)nc1-c1ccsc1. The third-order valence-corrected chi connectivity index (χ3v) is 3.58. The third kappa shape index (κ3) is 2.43. The highest BCUT2D eigenvalue weighted by atomic mass is 32.1. The first-order valence-corrected chi connectivity index (χ1v) is 6.81. The van der Waals surface area contributed by atoms with Gasteiger partial charge in [0.15, 0.2) is 5.82 Å². The minimum atomic E-state index is -1.16. The summed E-state index contributed by atoms with van der Waals surface area (Å²) >= 11 is 1.40. The summed E-state index contributed by atoms with van der Waals surface area (Å²) in [5.74, 6) is -2.68. The normalized spacial score (nSPS) is 10.8. The van der Waals surface area contributed by atoms with Crippen LogP contribution in [-0.2, 0) is 0 Å². The van der Waals surface area contributed by atoms with E-state index in [0.717, 1.165) is 16.8 Å². The van der Waals surface area contributed by atoms with E-state index in [9.17, 15) is 18.7 Å². The lowest BCUT2D eigenvalue weighted by molar-refractivity contribution is 0.0697. The van der Waals surface area contributed by atoms with Crippen molar-refractivity contribution in [2.45, 2.75) is 0 Å². The highest BCUT2D eigenvalue weighted by Crippen LogP contribution is 2.26. The van der Waals surface area contributed by atoms with Crippen molar-refractivity contribution in [3.63, 3.8) is 0 Å². The fourth-order valence-corrected chi connectivity index (χ4v) is 2.57. The van der Waals surface area contributed by atoms with Crippen LogP contribution in [0.5, 0.6) is 0 Å². The topological polar surface area (TPSA) is 55.1 Å². The van der Waals surface area contributed by atoms with Crippen molar-refractivity contribution in [1.29, 1.82) is 0 Å². The van der Waals surface area contributed by atoms with Crippen molar-refractivity contribution < 1.29 is 18.7 Å². The molecule has 1 N–H and O–H groups in total. The van der Waals surface area contributed by atoms with Gasteiger partial charge in [-0.05, 0) is 23.6 Å². The molecular weight excluding hydrogens is 298 g/mol. The molecule has 7 heteroatoms. The van der Waals surface area contributed by atoms with Gasteiger partial charge in [-0.2, -0.15) is 16.4 Å². The number of carboxylic acid groups (broad SMARTS) is 1. The molecule has 4 nitrogen and oxygen atoms in total. The molecule has 0 saturated carbocycles. The van der Waals surface area contributed by atoms with E-state index in [1.54, 1.807) is 16.8 Å². The molecule has 0 radical (unpaired) electrons. The van der Waals surface area contributed by atoms with Crippen LogP contribution in [0.25, 0.3) is 16.9 Å². The molecule has 106 valence electrons. The second-order valence-corrected chi connectivity index (χ2v) is 5.03. The van der Waals surface area contributed by atoms with Gasteiger partial charge in [0.1, 0.15) is 22.8 Å². The lowest BCUT2D eigenvalue weighted by Gasteiger charge is -2.02. The monoisotopic (exact) mass is 306 g/mol. The Labute approximate surface area is 121 Å². The molecule has 21 heavy (non-hydrogen) atoms. The van der Waals surface area contributed by atoms with Gasteiger partial charge in [-0.15, -0.1) is 0 Å². The largest absolute Gasteiger partial charge is 0.478 e. The number of carbonyl (C=O) groups is 1. The smallest absolute Gasteiger partial charge is 0.339 e. The molecule has 0 aliphatic heterocycles. The number of halogens is 2. The number of aromatic nitrogens is 2. The zero-order valence-corrected chi connectivity index (χ0v) is 11.3. The van der Waals surface area contributed by atoms with Crippen LogP contribution < -0.4 is 0 Å². The molecule has 0 amide bonds. The number of benzene rings is 1. The number of rotatable bonds is 3. The first kappa shape index (κ1) is 13.4. The summed E-state index contributed by atoms with van der Waals surface area (Å²) in [5, 5.41) is 16.9. The predicted molar refractivity (Wildman–Crippen MR) is 73.8 cm³/mol. The standard InChI is InChI=1S/C14H8F2N2O2S/c15-9-1-2-12(11(16)5-9)18-6-10(14(19)20)13(17-18)8-3-4-21-7-8/h1-7H,(H,19,20). The number of aromatic carboxylic acids is 1. The van der Waals surface area contributed by atoms with Crippen molar-refractivity contribution in [2.24, 2.45) is 0 Å². The molecule has 0 aliphatic rings. The van der Waals surface area contributed by atoms with E-state index in [1.807, 2.05) is 0 Å². The van der Waals surface area contributed by atoms with E-state index < -0.39 is 17.6 Å². The van der Waals surface area contributed by atoms with Crippen LogP contribution in [0.4, 0.5) is 8.78 Å². The van der Waals surface area contributed by atoms with Crippen LogP contribution in [0.1, 0.15) is 10.4 Å². The zero-order chi connectivity index (χ0) is 15.0. The Morgan fingerprint density at radius 3 is 2.71 bits per heavy atom. The van der Waals surface area contributed by atoms with Crippen molar-refractivity contribution in [3.8, 4) is 16.9 Å². The summed E-state index contributed by atoms with van der Waals surface area (Å²) in [7, 11) is 0. The van der Waals surface area contributed by atoms with Crippen LogP contribution in [0.3, 0.4) is 0 Å². The lowest BCUT2D eigenvalue weighted by Crippen LogP contribution is -1.99. The van der Waals surface area contributed by atoms with Crippen LogP contribution >= 0.6 is 11.3 Å². The Balaban J connectivity index is 2.17. The summed E-state index contributed by atoms with van der Waals surface area (Å²) < 4.78 is 27.8. The molecule has 0 bridgehead atoms. The summed E-state index contributed by atoms with van der Waals surface area (Å²) in [4.78, 5) is 11.3. The van der Waals surface area contributed by atoms with Gasteiger partial charge in [0, 0.05) is 23.2 Å². The molecule has 2 heterocycles. The summed E-state index contributed by atoms with van der Waals surface area (Å²) in [5.41, 5.74) is 0.823. The minimum absolute atomic E-state index is 0.0135. The van der Waals surface area contributed by atoms with Gasteiger partial charge < -0.3 is 5.11 Å². The molecule has 0 saturated heterocycles. The molecule has 0 fully saturated rings. The summed E-state index contributed by atoms with van der Waals surface area (Å²) in [6.07, 6.45) is 1.21. The van der Waals surface area contributed by atoms with E-state index in [1.165, 1.54) is 23.6 Å². The van der Waals surface area contributed by atoms with Crippen LogP contribution in [-0.4, -0.2) is 20.9 Å². The van der Waals surface area contributed by atoms with Gasteiger partial charge in [0.05, 0.1) is 0 Å². The fourth-order valence-electron chi connectivity index (χ4n) is 1.93. The van der Waals surface area contributed by atoms with Crippen molar-refractivity contribution in [1.82, 2.24) is 9.78 Å². The van der Waals surface area contributed by atoms with Crippen molar-refractivity contribution >= 4 is 17.3 Å². The fraction of sp³-hybridized carbons (Fsp3) is 0. The maximum atomic E-state index is 13.8. The highest BCUT2D eigenvalue weighted by molar-refractivity contribution is 7.08. The Kier molecular flexibility index (Phi) is 3.26. The third-order valence-electron chi connectivity index (χ3n) is 2.90. The van der Waals surface area contributed by atoms with E-state index in [4.69, 9.17) is 0 Å². The first-order chi connectivity index (χ1) is 10.1. The van der Waals surface area contributed by atoms with Crippen LogP contribution in [0.2, 0.25) is 0 Å². The van der Waals surface area contributed by atoms with E-state index in [2.05, 4.69) is 5.10 Å². The highest BCUT2D eigenvalue weighted by Gasteiger charge is 2.19. The minimum Gasteiger partial charge on any atom is -0.478 e. The first-order valence-electron chi connectivity index (χ1n) is 5.87. The number of thiophene rings is 1. The van der Waals surface area contributed by atoms with Gasteiger partial charge in [-0.1, -0.05) is 0 Å². The molecule has 2 aromatic heterocycles. The Hall–Kier alpha value is -2.54. The van der Waals surface area contributed by atoms with Crippen LogP contribution in [0, 0.1) is 11.6 Å². The maximum absolute atomic E-state index is 13.8. The average Bonchev–Trinajstić information content (AvgIpc) is 3.07. The second kappa shape index (κ2) is 5.10. The lowest BCUT2D eigenvalue weighted by atomic mass is 10.1. The number of nitrogens with zero attached hydrogens (tertiary/aromatic N) is 2. The van der Waals surface area contributed by atoms with Gasteiger partial charge in [0.2, 0.25) is 0 Å². The predicted octanol–water partition coefficient (Wildman–Crippen LogP) is 3.58. The van der Waals surface area contributed by atoms with Gasteiger partial charge in [0.25, 0.3) is 0 Å². The number of hydrogen-bond donors (Lipinski definition) is 1. The van der Waals surface area contributed by atoms with E-state index in [-0.39, 0.29) is 16.9 Å². The van der Waals surface area contributed by atoms with Crippen molar-refractivity contribution in [3.05, 3.63) is 58.4 Å². The molecule has 0 atom stereocenters. The quantitative estimate of drug-likeness (QED) is 0.804. The zero-order valence-electron chi connectivity index (χ0n) is 10.5. The average molecular weight is 306 g/mol. The Morgan fingerprint density at radius 2 is 2.10 bits per heavy atom. The van der Waals surface area contributed by atoms with Gasteiger partial charge >= 0.3 is 5.97 Å². The summed E-state index contributed by atoms with van der Waals surface area (Å²) in [6, 6.07) is 4.75. The van der Waals surface area contributed by atoms with Gasteiger partial charge in [-0.25, -0.2) is 18.3 Å². The van der Waals surface area contributed by atoms with E-state index >= 15 is 0 Å². The number of carboxylic acids is 1. The van der Waals surface area contributed by atoms with Crippen LogP contribution in [0.15, 0.2) is 41.2 Å². The summed E-state index contributed by atoms with van der Waals surface area (Å²) in [6.45, 7) is 0. The number of hydrogen-bond acceptors (Lipinski definition) is 3. The molecule has 0 spiro atoms. The maximum Gasteiger partial charge on any atom is 0.339 e. The Bertz CT molecular complexity index is 813. The van der Waals surface area contributed by atoms with Crippen molar-refractivity contribution in [2.75, 3.05) is 0 Å². The second-order valence-electron chi connectivity index (χ2n) is 4.25. The van der Waals surface area contributed by atoms with E-state index in [0.29, 0.717) is 5.56 Å². The van der Waals surface area contributed by atoms with Gasteiger partial charge in [-0.3, -0.25) is 0 Å². The molecule has 3 aromatic rings. The molecule has 0 aliphatic carbocycles. The molecule has 3 rings (SSSR count). The molecule has 0 unspecified atom stereocenters. The molecule has 1 aromatic carbocycles. The Morgan fingerprint density at radius 1 is 1.29 bits per heavy atom.